The van der Waals surface area contributed by atoms with Gasteiger partial charge in [-0.05, 0) is 12.0 Å². The molecule has 0 bridgehead atoms. The van der Waals surface area contributed by atoms with Crippen molar-refractivity contribution in [1.29, 1.82) is 0 Å². The van der Waals surface area contributed by atoms with Crippen LogP contribution in [0.15, 0.2) is 18.5 Å². The number of aryl methyl sites for hydroxylation is 1. The van der Waals surface area contributed by atoms with Gasteiger partial charge in [0.1, 0.15) is 0 Å². The Hall–Kier alpha value is -1.91. The molecule has 0 saturated carbocycles. The molecule has 2 aromatic rings. The number of rotatable bonds is 3. The molecule has 0 aliphatic heterocycles. The third-order valence-electron chi connectivity index (χ3n) is 2.42. The first kappa shape index (κ1) is 11.6. The molecule has 2 N–H and O–H groups in total. The molecule has 17 heavy (non-hydrogen) atoms. The Morgan fingerprint density at radius 1 is 1.35 bits per heavy atom. The number of hydrogen-bond donors (Lipinski definition) is 1. The van der Waals surface area contributed by atoms with E-state index >= 15 is 0 Å². The number of nitrogen functional groups attached to an aromatic ring is 1. The quantitative estimate of drug-likeness (QED) is 0.872. The molecule has 5 heteroatoms. The van der Waals surface area contributed by atoms with Gasteiger partial charge < -0.3 is 5.73 Å². The molecule has 0 aliphatic carbocycles. The summed E-state index contributed by atoms with van der Waals surface area (Å²) in [6.07, 6.45) is 4.25. The molecule has 0 aliphatic rings. The fraction of sp³-hybridized carbons (Fsp3) is 0.417. The highest BCUT2D eigenvalue weighted by Gasteiger charge is 2.11. The monoisotopic (exact) mass is 231 g/mol. The Kier molecular flexibility index (Phi) is 3.08. The van der Waals surface area contributed by atoms with Gasteiger partial charge in [0.05, 0.1) is 5.69 Å². The molecule has 0 aromatic carbocycles. The lowest BCUT2D eigenvalue weighted by Gasteiger charge is -1.99. The third kappa shape index (κ3) is 2.61. The van der Waals surface area contributed by atoms with Crippen LogP contribution in [0.4, 0.5) is 5.69 Å². The average Bonchev–Trinajstić information content (AvgIpc) is 2.58. The summed E-state index contributed by atoms with van der Waals surface area (Å²) in [5.41, 5.74) is 7.25. The SMILES string of the molecule is CC(C)Cc1nc(-c2cncc(N)c2)n(C)n1. The maximum atomic E-state index is 5.71. The summed E-state index contributed by atoms with van der Waals surface area (Å²) in [4.78, 5) is 8.58. The molecule has 2 heterocycles. The van der Waals surface area contributed by atoms with Crippen LogP contribution in [0.5, 0.6) is 0 Å². The minimum absolute atomic E-state index is 0.546. The Morgan fingerprint density at radius 3 is 2.76 bits per heavy atom. The van der Waals surface area contributed by atoms with Gasteiger partial charge in [0.2, 0.25) is 0 Å². The lowest BCUT2D eigenvalue weighted by molar-refractivity contribution is 0.613. The molecule has 90 valence electrons. The second kappa shape index (κ2) is 4.53. The van der Waals surface area contributed by atoms with Crippen molar-refractivity contribution in [2.24, 2.45) is 13.0 Å². The van der Waals surface area contributed by atoms with E-state index in [9.17, 15) is 0 Å². The van der Waals surface area contributed by atoms with Crippen molar-refractivity contribution in [3.05, 3.63) is 24.3 Å². The summed E-state index contributed by atoms with van der Waals surface area (Å²) in [6.45, 7) is 4.30. The van der Waals surface area contributed by atoms with Crippen LogP contribution in [0, 0.1) is 5.92 Å². The predicted molar refractivity (Wildman–Crippen MR) is 67.2 cm³/mol. The van der Waals surface area contributed by atoms with E-state index in [2.05, 4.69) is 28.9 Å². The van der Waals surface area contributed by atoms with Gasteiger partial charge in [-0.1, -0.05) is 13.8 Å². The standard InChI is InChI=1S/C12H17N5/c1-8(2)4-11-15-12(17(3)16-11)9-5-10(13)7-14-6-9/h5-8H,4,13H2,1-3H3. The summed E-state index contributed by atoms with van der Waals surface area (Å²) in [5, 5.41) is 4.39. The van der Waals surface area contributed by atoms with Gasteiger partial charge in [0, 0.05) is 31.4 Å². The lowest BCUT2D eigenvalue weighted by atomic mass is 10.1. The van der Waals surface area contributed by atoms with Crippen molar-refractivity contribution in [3.8, 4) is 11.4 Å². The number of nitrogens with two attached hydrogens (primary N) is 1. The van der Waals surface area contributed by atoms with Gasteiger partial charge in [0.15, 0.2) is 11.6 Å². The van der Waals surface area contributed by atoms with E-state index in [1.54, 1.807) is 17.1 Å². The van der Waals surface area contributed by atoms with Crippen LogP contribution < -0.4 is 5.73 Å². The lowest BCUT2D eigenvalue weighted by Crippen LogP contribution is -1.98. The highest BCUT2D eigenvalue weighted by molar-refractivity contribution is 5.59. The normalized spacial score (nSPS) is 11.1. The van der Waals surface area contributed by atoms with Crippen LogP contribution in [-0.2, 0) is 13.5 Å². The highest BCUT2D eigenvalue weighted by atomic mass is 15.3. The topological polar surface area (TPSA) is 69.6 Å². The Morgan fingerprint density at radius 2 is 2.12 bits per heavy atom. The zero-order valence-corrected chi connectivity index (χ0v) is 10.4. The van der Waals surface area contributed by atoms with Gasteiger partial charge in [-0.2, -0.15) is 5.10 Å². The average molecular weight is 231 g/mol. The van der Waals surface area contributed by atoms with E-state index in [0.717, 1.165) is 23.6 Å². The molecule has 0 atom stereocenters. The van der Waals surface area contributed by atoms with Crippen LogP contribution in [0.3, 0.4) is 0 Å². The molecule has 5 nitrogen and oxygen atoms in total. The van der Waals surface area contributed by atoms with Crippen LogP contribution in [0.1, 0.15) is 19.7 Å². The van der Waals surface area contributed by atoms with E-state index < -0.39 is 0 Å². The summed E-state index contributed by atoms with van der Waals surface area (Å²) in [7, 11) is 1.88. The molecule has 0 saturated heterocycles. The number of aromatic nitrogens is 4. The molecular weight excluding hydrogens is 214 g/mol. The predicted octanol–water partition coefficient (Wildman–Crippen LogP) is 1.66. The smallest absolute Gasteiger partial charge is 0.159 e. The van der Waals surface area contributed by atoms with Crippen LogP contribution in [-0.4, -0.2) is 19.7 Å². The highest BCUT2D eigenvalue weighted by Crippen LogP contribution is 2.18. The van der Waals surface area contributed by atoms with E-state index in [4.69, 9.17) is 5.73 Å². The van der Waals surface area contributed by atoms with Gasteiger partial charge >= 0.3 is 0 Å². The summed E-state index contributed by atoms with van der Waals surface area (Å²) in [6, 6.07) is 1.86. The van der Waals surface area contributed by atoms with Gasteiger partial charge in [-0.15, -0.1) is 0 Å². The number of anilines is 1. The first-order chi connectivity index (χ1) is 8.06. The number of pyridine rings is 1. The molecule has 0 amide bonds. The maximum Gasteiger partial charge on any atom is 0.159 e. The Labute approximate surface area is 101 Å². The zero-order chi connectivity index (χ0) is 12.4. The molecule has 0 radical (unpaired) electrons. The molecular formula is C12H17N5. The second-order valence-corrected chi connectivity index (χ2v) is 4.58. The first-order valence-corrected chi connectivity index (χ1v) is 5.67. The summed E-state index contributed by atoms with van der Waals surface area (Å²) >= 11 is 0. The van der Waals surface area contributed by atoms with E-state index in [-0.39, 0.29) is 0 Å². The molecule has 2 aromatic heterocycles. The van der Waals surface area contributed by atoms with Gasteiger partial charge in [-0.25, -0.2) is 9.67 Å². The largest absolute Gasteiger partial charge is 0.397 e. The Bertz CT molecular complexity index is 515. The van der Waals surface area contributed by atoms with Crippen LogP contribution >= 0.6 is 0 Å². The summed E-state index contributed by atoms with van der Waals surface area (Å²) in [5.74, 6) is 2.21. The minimum Gasteiger partial charge on any atom is -0.397 e. The number of nitrogens with zero attached hydrogens (tertiary/aromatic N) is 4. The number of hydrogen-bond acceptors (Lipinski definition) is 4. The molecule has 0 spiro atoms. The van der Waals surface area contributed by atoms with Crippen molar-refractivity contribution in [3.63, 3.8) is 0 Å². The van der Waals surface area contributed by atoms with Gasteiger partial charge in [0.25, 0.3) is 0 Å². The maximum absolute atomic E-state index is 5.71. The van der Waals surface area contributed by atoms with Crippen LogP contribution in [0.25, 0.3) is 11.4 Å². The zero-order valence-electron chi connectivity index (χ0n) is 10.4. The van der Waals surface area contributed by atoms with Gasteiger partial charge in [-0.3, -0.25) is 4.98 Å². The minimum atomic E-state index is 0.546. The van der Waals surface area contributed by atoms with E-state index in [1.165, 1.54) is 0 Å². The summed E-state index contributed by atoms with van der Waals surface area (Å²) < 4.78 is 1.77. The molecule has 0 unspecified atom stereocenters. The van der Waals surface area contributed by atoms with Crippen molar-refractivity contribution in [1.82, 2.24) is 19.7 Å². The van der Waals surface area contributed by atoms with Crippen molar-refractivity contribution >= 4 is 5.69 Å². The Balaban J connectivity index is 2.36. The third-order valence-corrected chi connectivity index (χ3v) is 2.42. The van der Waals surface area contributed by atoms with Crippen molar-refractivity contribution < 1.29 is 0 Å². The fourth-order valence-electron chi connectivity index (χ4n) is 1.72. The first-order valence-electron chi connectivity index (χ1n) is 5.67. The van der Waals surface area contributed by atoms with E-state index in [0.29, 0.717) is 11.6 Å². The second-order valence-electron chi connectivity index (χ2n) is 4.58. The van der Waals surface area contributed by atoms with Crippen molar-refractivity contribution in [2.75, 3.05) is 5.73 Å². The molecule has 2 rings (SSSR count). The molecule has 0 fully saturated rings. The van der Waals surface area contributed by atoms with Crippen LogP contribution in [0.2, 0.25) is 0 Å². The van der Waals surface area contributed by atoms with E-state index in [1.807, 2.05) is 13.1 Å². The van der Waals surface area contributed by atoms with Crippen molar-refractivity contribution in [2.45, 2.75) is 20.3 Å². The fourth-order valence-corrected chi connectivity index (χ4v) is 1.72.